The molecule has 4 nitrogen and oxygen atoms in total. The highest BCUT2D eigenvalue weighted by molar-refractivity contribution is 5.65. The summed E-state index contributed by atoms with van der Waals surface area (Å²) in [5, 5.41) is 0. The summed E-state index contributed by atoms with van der Waals surface area (Å²) < 4.78 is 42.9. The van der Waals surface area contributed by atoms with Crippen LogP contribution in [0.1, 0.15) is 31.7 Å². The maximum atomic E-state index is 13.6. The summed E-state index contributed by atoms with van der Waals surface area (Å²) in [5.74, 6) is -3.77. The van der Waals surface area contributed by atoms with Gasteiger partial charge in [0.2, 0.25) is 0 Å². The first kappa shape index (κ1) is 17.8. The van der Waals surface area contributed by atoms with E-state index in [4.69, 9.17) is 9.47 Å². The number of benzene rings is 1. The van der Waals surface area contributed by atoms with Crippen molar-refractivity contribution in [2.45, 2.75) is 50.9 Å². The molecule has 1 aliphatic rings. The lowest BCUT2D eigenvalue weighted by Gasteiger charge is -2.31. The number of hydrogen-bond acceptors (Lipinski definition) is 4. The smallest absolute Gasteiger partial charge is 0.302 e. The van der Waals surface area contributed by atoms with Crippen LogP contribution in [0, 0.1) is 0 Å². The Labute approximate surface area is 134 Å². The van der Waals surface area contributed by atoms with Crippen LogP contribution in [0.15, 0.2) is 30.3 Å². The first-order chi connectivity index (χ1) is 10.9. The van der Waals surface area contributed by atoms with E-state index >= 15 is 0 Å². The maximum Gasteiger partial charge on any atom is 0.302 e. The Morgan fingerprint density at radius 2 is 2.04 bits per heavy atom. The van der Waals surface area contributed by atoms with E-state index in [1.54, 1.807) is 0 Å². The highest BCUT2D eigenvalue weighted by Gasteiger charge is 2.36. The van der Waals surface area contributed by atoms with Crippen molar-refractivity contribution in [2.75, 3.05) is 13.2 Å². The molecule has 1 saturated heterocycles. The zero-order valence-electron chi connectivity index (χ0n) is 13.2. The predicted molar refractivity (Wildman–Crippen MR) is 80.2 cm³/mol. The minimum Gasteiger partial charge on any atom is -0.459 e. The molecule has 1 aromatic carbocycles. The minimum absolute atomic E-state index is 0.0754. The molecule has 2 rings (SSSR count). The van der Waals surface area contributed by atoms with Gasteiger partial charge in [0.15, 0.2) is 6.61 Å². The number of rotatable bonds is 7. The van der Waals surface area contributed by atoms with E-state index in [1.165, 1.54) is 0 Å². The second-order valence-corrected chi connectivity index (χ2v) is 5.79. The van der Waals surface area contributed by atoms with Gasteiger partial charge in [-0.05, 0) is 18.4 Å². The Morgan fingerprint density at radius 3 is 2.65 bits per heavy atom. The molecule has 0 saturated carbocycles. The lowest BCUT2D eigenvalue weighted by Crippen LogP contribution is -2.37. The molecule has 1 heterocycles. The summed E-state index contributed by atoms with van der Waals surface area (Å²) in [5.41, 5.74) is 1.07. The number of ether oxygens (including phenoxy) is 3. The Bertz CT molecular complexity index is 485. The van der Waals surface area contributed by atoms with Crippen LogP contribution in [0.3, 0.4) is 0 Å². The van der Waals surface area contributed by atoms with E-state index in [0.29, 0.717) is 26.1 Å². The number of halogens is 2. The monoisotopic (exact) mass is 328 g/mol. The van der Waals surface area contributed by atoms with Gasteiger partial charge in [0.05, 0.1) is 25.4 Å². The quantitative estimate of drug-likeness (QED) is 0.720. The third kappa shape index (κ3) is 6.62. The molecule has 23 heavy (non-hydrogen) atoms. The zero-order valence-corrected chi connectivity index (χ0v) is 13.2. The third-order valence-corrected chi connectivity index (χ3v) is 3.67. The highest BCUT2D eigenvalue weighted by atomic mass is 19.3. The molecule has 2 atom stereocenters. The standard InChI is InChI=1S/C17H22F2O4/c1-13(20)23-12-17(18,19)9-15-7-8-16(11-22-15)21-10-14-5-3-2-4-6-14/h2-6,15-16H,7-12H2,1H3/t15-,16+/m1/s1. The van der Waals surface area contributed by atoms with Gasteiger partial charge in [0, 0.05) is 13.3 Å². The largest absolute Gasteiger partial charge is 0.459 e. The summed E-state index contributed by atoms with van der Waals surface area (Å²) in [4.78, 5) is 10.6. The van der Waals surface area contributed by atoms with Crippen molar-refractivity contribution < 1.29 is 27.8 Å². The van der Waals surface area contributed by atoms with Crippen LogP contribution in [0.25, 0.3) is 0 Å². The van der Waals surface area contributed by atoms with E-state index in [9.17, 15) is 13.6 Å². The summed E-state index contributed by atoms with van der Waals surface area (Å²) in [6.45, 7) is 1.02. The fourth-order valence-corrected chi connectivity index (χ4v) is 2.46. The zero-order chi connectivity index (χ0) is 16.7. The molecule has 0 N–H and O–H groups in total. The van der Waals surface area contributed by atoms with Crippen molar-refractivity contribution in [3.8, 4) is 0 Å². The molecule has 1 aliphatic heterocycles. The van der Waals surface area contributed by atoms with E-state index in [1.807, 2.05) is 30.3 Å². The molecule has 0 aliphatic carbocycles. The number of hydrogen-bond donors (Lipinski definition) is 0. The van der Waals surface area contributed by atoms with Gasteiger partial charge in [-0.2, -0.15) is 0 Å². The van der Waals surface area contributed by atoms with Crippen molar-refractivity contribution in [2.24, 2.45) is 0 Å². The fraction of sp³-hybridized carbons (Fsp3) is 0.588. The van der Waals surface area contributed by atoms with E-state index in [-0.39, 0.29) is 6.10 Å². The Balaban J connectivity index is 1.68. The molecule has 0 spiro atoms. The second kappa shape index (κ2) is 8.36. The number of esters is 1. The van der Waals surface area contributed by atoms with Crippen molar-refractivity contribution in [1.29, 1.82) is 0 Å². The average Bonchev–Trinajstić information content (AvgIpc) is 2.53. The van der Waals surface area contributed by atoms with Gasteiger partial charge < -0.3 is 14.2 Å². The number of carbonyl (C=O) groups is 1. The predicted octanol–water partition coefficient (Wildman–Crippen LogP) is 3.34. The first-order valence-corrected chi connectivity index (χ1v) is 7.73. The van der Waals surface area contributed by atoms with Crippen LogP contribution in [0.5, 0.6) is 0 Å². The molecule has 0 radical (unpaired) electrons. The molecule has 0 unspecified atom stereocenters. The Kier molecular flexibility index (Phi) is 6.47. The SMILES string of the molecule is CC(=O)OCC(F)(F)C[C@H]1CC[C@H](OCc2ccccc2)CO1. The summed E-state index contributed by atoms with van der Waals surface area (Å²) in [6, 6.07) is 9.77. The first-order valence-electron chi connectivity index (χ1n) is 7.73. The highest BCUT2D eigenvalue weighted by Crippen LogP contribution is 2.28. The summed E-state index contributed by atoms with van der Waals surface area (Å²) in [7, 11) is 0. The van der Waals surface area contributed by atoms with Crippen LogP contribution in [0.2, 0.25) is 0 Å². The topological polar surface area (TPSA) is 44.8 Å². The van der Waals surface area contributed by atoms with Crippen molar-refractivity contribution in [3.63, 3.8) is 0 Å². The normalized spacial score (nSPS) is 21.9. The van der Waals surface area contributed by atoms with Gasteiger partial charge in [-0.3, -0.25) is 4.79 Å². The fourth-order valence-electron chi connectivity index (χ4n) is 2.46. The molecule has 1 aromatic rings. The number of carbonyl (C=O) groups excluding carboxylic acids is 1. The van der Waals surface area contributed by atoms with Crippen molar-refractivity contribution in [3.05, 3.63) is 35.9 Å². The lowest BCUT2D eigenvalue weighted by molar-refractivity contribution is -0.162. The van der Waals surface area contributed by atoms with Crippen LogP contribution in [-0.4, -0.2) is 37.3 Å². The molecular formula is C17H22F2O4. The average molecular weight is 328 g/mol. The van der Waals surface area contributed by atoms with Gasteiger partial charge >= 0.3 is 5.97 Å². The summed E-state index contributed by atoms with van der Waals surface area (Å²) in [6.07, 6.45) is 0.146. The molecule has 0 amide bonds. The van der Waals surface area contributed by atoms with E-state index in [2.05, 4.69) is 4.74 Å². The van der Waals surface area contributed by atoms with Gasteiger partial charge in [-0.25, -0.2) is 8.78 Å². The van der Waals surface area contributed by atoms with Crippen molar-refractivity contribution >= 4 is 5.97 Å². The number of alkyl halides is 2. The van der Waals surface area contributed by atoms with Crippen LogP contribution >= 0.6 is 0 Å². The molecule has 0 bridgehead atoms. The van der Waals surface area contributed by atoms with Gasteiger partial charge in [0.1, 0.15) is 0 Å². The van der Waals surface area contributed by atoms with Gasteiger partial charge in [-0.15, -0.1) is 0 Å². The second-order valence-electron chi connectivity index (χ2n) is 5.79. The minimum atomic E-state index is -3.06. The van der Waals surface area contributed by atoms with Crippen LogP contribution in [0.4, 0.5) is 8.78 Å². The Hall–Kier alpha value is -1.53. The van der Waals surface area contributed by atoms with Gasteiger partial charge in [-0.1, -0.05) is 30.3 Å². The van der Waals surface area contributed by atoms with E-state index in [0.717, 1.165) is 12.5 Å². The summed E-state index contributed by atoms with van der Waals surface area (Å²) >= 11 is 0. The van der Waals surface area contributed by atoms with Crippen molar-refractivity contribution in [1.82, 2.24) is 0 Å². The molecule has 0 aromatic heterocycles. The van der Waals surface area contributed by atoms with Crippen LogP contribution < -0.4 is 0 Å². The van der Waals surface area contributed by atoms with E-state index < -0.39 is 31.0 Å². The molecule has 6 heteroatoms. The lowest BCUT2D eigenvalue weighted by atomic mass is 10.0. The van der Waals surface area contributed by atoms with Crippen LogP contribution in [-0.2, 0) is 25.6 Å². The van der Waals surface area contributed by atoms with Gasteiger partial charge in [0.25, 0.3) is 5.92 Å². The third-order valence-electron chi connectivity index (χ3n) is 3.67. The Morgan fingerprint density at radius 1 is 1.30 bits per heavy atom. The molecule has 128 valence electrons. The maximum absolute atomic E-state index is 13.6. The molecule has 1 fully saturated rings. The molecular weight excluding hydrogens is 306 g/mol.